The van der Waals surface area contributed by atoms with Crippen LogP contribution < -0.4 is 5.32 Å². The molecule has 1 aromatic carbocycles. The van der Waals surface area contributed by atoms with Gasteiger partial charge in [0.05, 0.1) is 31.1 Å². The maximum absolute atomic E-state index is 13.2. The highest BCUT2D eigenvalue weighted by Crippen LogP contribution is 2.21. The van der Waals surface area contributed by atoms with Crippen LogP contribution in [0.25, 0.3) is 0 Å². The van der Waals surface area contributed by atoms with Crippen molar-refractivity contribution in [2.24, 2.45) is 0 Å². The van der Waals surface area contributed by atoms with Crippen LogP contribution in [0.2, 0.25) is 0 Å². The van der Waals surface area contributed by atoms with Crippen molar-refractivity contribution in [2.45, 2.75) is 13.0 Å². The zero-order chi connectivity index (χ0) is 17.6. The van der Waals surface area contributed by atoms with Gasteiger partial charge in [0.15, 0.2) is 0 Å². The quantitative estimate of drug-likeness (QED) is 0.895. The van der Waals surface area contributed by atoms with Gasteiger partial charge in [-0.3, -0.25) is 14.7 Å². The predicted molar refractivity (Wildman–Crippen MR) is 90.6 cm³/mol. The van der Waals surface area contributed by atoms with Crippen LogP contribution in [0, 0.1) is 12.7 Å². The van der Waals surface area contributed by atoms with Gasteiger partial charge in [0.1, 0.15) is 11.5 Å². The van der Waals surface area contributed by atoms with Gasteiger partial charge in [-0.05, 0) is 24.6 Å². The monoisotopic (exact) mass is 344 g/mol. The number of halogens is 1. The van der Waals surface area contributed by atoms with E-state index in [4.69, 9.17) is 4.74 Å². The second-order valence-corrected chi connectivity index (χ2v) is 5.97. The summed E-state index contributed by atoms with van der Waals surface area (Å²) >= 11 is 0. The summed E-state index contributed by atoms with van der Waals surface area (Å²) in [6.45, 7) is 5.05. The van der Waals surface area contributed by atoms with E-state index < -0.39 is 0 Å². The Bertz CT molecular complexity index is 700. The van der Waals surface area contributed by atoms with Gasteiger partial charge in [-0.2, -0.15) is 0 Å². The number of nitrogens with one attached hydrogen (secondary N) is 1. The van der Waals surface area contributed by atoms with Crippen LogP contribution in [0.4, 0.5) is 4.39 Å². The summed E-state index contributed by atoms with van der Waals surface area (Å²) in [5, 5.41) is 2.91. The van der Waals surface area contributed by atoms with Crippen LogP contribution in [0.1, 0.15) is 27.8 Å². The van der Waals surface area contributed by atoms with Crippen LogP contribution in [0.5, 0.6) is 0 Å². The van der Waals surface area contributed by atoms with Gasteiger partial charge in [0.25, 0.3) is 5.91 Å². The molecule has 0 unspecified atom stereocenters. The topological polar surface area (TPSA) is 67.4 Å². The molecular weight excluding hydrogens is 323 g/mol. The molecule has 3 rings (SSSR count). The molecule has 6 nitrogen and oxygen atoms in total. The molecule has 0 radical (unpaired) electrons. The third-order valence-electron chi connectivity index (χ3n) is 4.21. The molecule has 25 heavy (non-hydrogen) atoms. The minimum Gasteiger partial charge on any atom is -0.379 e. The van der Waals surface area contributed by atoms with E-state index in [0.717, 1.165) is 24.3 Å². The van der Waals surface area contributed by atoms with Crippen molar-refractivity contribution in [3.63, 3.8) is 0 Å². The zero-order valence-electron chi connectivity index (χ0n) is 14.1. The third-order valence-corrected chi connectivity index (χ3v) is 4.21. The molecule has 1 N–H and O–H groups in total. The summed E-state index contributed by atoms with van der Waals surface area (Å²) in [7, 11) is 0. The van der Waals surface area contributed by atoms with E-state index in [0.29, 0.717) is 19.8 Å². The fraction of sp³-hybridized carbons (Fsp3) is 0.389. The number of benzene rings is 1. The first-order valence-corrected chi connectivity index (χ1v) is 8.27. The highest BCUT2D eigenvalue weighted by molar-refractivity contribution is 5.91. The minimum atomic E-state index is -0.275. The average Bonchev–Trinajstić information content (AvgIpc) is 2.64. The summed E-state index contributed by atoms with van der Waals surface area (Å²) in [5.74, 6) is -0.545. The predicted octanol–water partition coefficient (Wildman–Crippen LogP) is 1.73. The number of hydrogen-bond donors (Lipinski definition) is 1. The van der Waals surface area contributed by atoms with Gasteiger partial charge in [-0.1, -0.05) is 12.1 Å². The third kappa shape index (κ3) is 4.58. The smallest absolute Gasteiger partial charge is 0.271 e. The molecule has 2 aromatic rings. The molecule has 0 spiro atoms. The van der Waals surface area contributed by atoms with E-state index in [1.54, 1.807) is 18.3 Å². The summed E-state index contributed by atoms with van der Waals surface area (Å²) in [6, 6.07) is 6.35. The van der Waals surface area contributed by atoms with E-state index in [9.17, 15) is 9.18 Å². The lowest BCUT2D eigenvalue weighted by Crippen LogP contribution is -2.44. The zero-order valence-corrected chi connectivity index (χ0v) is 14.1. The first kappa shape index (κ1) is 17.4. The van der Waals surface area contributed by atoms with Crippen molar-refractivity contribution in [3.8, 4) is 0 Å². The highest BCUT2D eigenvalue weighted by atomic mass is 19.1. The summed E-state index contributed by atoms with van der Waals surface area (Å²) in [4.78, 5) is 22.7. The Balaban J connectivity index is 1.71. The Hall–Kier alpha value is -2.38. The van der Waals surface area contributed by atoms with Crippen LogP contribution >= 0.6 is 0 Å². The molecule has 1 aliphatic rings. The van der Waals surface area contributed by atoms with E-state index >= 15 is 0 Å². The van der Waals surface area contributed by atoms with E-state index in [2.05, 4.69) is 20.2 Å². The molecule has 2 heterocycles. The number of nitrogens with zero attached hydrogens (tertiary/aromatic N) is 3. The molecule has 1 amide bonds. The van der Waals surface area contributed by atoms with E-state index in [1.807, 2.05) is 6.92 Å². The SMILES string of the molecule is Cc1cnc(C(=O)NC[C@H](c2ccc(F)cc2)N2CCOCC2)cn1. The normalized spacial score (nSPS) is 16.4. The number of aromatic nitrogens is 2. The summed E-state index contributed by atoms with van der Waals surface area (Å²) < 4.78 is 18.6. The second kappa shape index (κ2) is 8.13. The maximum Gasteiger partial charge on any atom is 0.271 e. The molecule has 132 valence electrons. The number of carbonyl (C=O) groups excluding carboxylic acids is 1. The Kier molecular flexibility index (Phi) is 5.67. The lowest BCUT2D eigenvalue weighted by atomic mass is 10.0. The van der Waals surface area contributed by atoms with Gasteiger partial charge in [-0.25, -0.2) is 9.37 Å². The van der Waals surface area contributed by atoms with Crippen molar-refractivity contribution in [3.05, 3.63) is 59.4 Å². The molecule has 1 fully saturated rings. The fourth-order valence-corrected chi connectivity index (χ4v) is 2.82. The largest absolute Gasteiger partial charge is 0.379 e. The van der Waals surface area contributed by atoms with Gasteiger partial charge in [-0.15, -0.1) is 0 Å². The average molecular weight is 344 g/mol. The number of ether oxygens (including phenoxy) is 1. The van der Waals surface area contributed by atoms with Crippen molar-refractivity contribution >= 4 is 5.91 Å². The van der Waals surface area contributed by atoms with Gasteiger partial charge >= 0.3 is 0 Å². The van der Waals surface area contributed by atoms with Crippen LogP contribution in [0.15, 0.2) is 36.7 Å². The number of hydrogen-bond acceptors (Lipinski definition) is 5. The Morgan fingerprint density at radius 2 is 1.96 bits per heavy atom. The van der Waals surface area contributed by atoms with Crippen molar-refractivity contribution in [1.82, 2.24) is 20.2 Å². The van der Waals surface area contributed by atoms with Gasteiger partial charge < -0.3 is 10.1 Å². The number of amides is 1. The van der Waals surface area contributed by atoms with E-state index in [-0.39, 0.29) is 23.5 Å². The van der Waals surface area contributed by atoms with Gasteiger partial charge in [0, 0.05) is 25.8 Å². The maximum atomic E-state index is 13.2. The summed E-state index contributed by atoms with van der Waals surface area (Å²) in [6.07, 6.45) is 3.03. The van der Waals surface area contributed by atoms with Crippen molar-refractivity contribution in [1.29, 1.82) is 0 Å². The van der Waals surface area contributed by atoms with Crippen molar-refractivity contribution in [2.75, 3.05) is 32.8 Å². The molecule has 1 atom stereocenters. The number of aryl methyl sites for hydroxylation is 1. The molecule has 1 aromatic heterocycles. The highest BCUT2D eigenvalue weighted by Gasteiger charge is 2.23. The van der Waals surface area contributed by atoms with Gasteiger partial charge in [0.2, 0.25) is 0 Å². The standard InChI is InChI=1S/C18H21FN4O2/c1-13-10-21-16(11-20-13)18(24)22-12-17(23-6-8-25-9-7-23)14-2-4-15(19)5-3-14/h2-5,10-11,17H,6-9,12H2,1H3,(H,22,24)/t17-/m1/s1. The fourth-order valence-electron chi connectivity index (χ4n) is 2.82. The lowest BCUT2D eigenvalue weighted by Gasteiger charge is -2.34. The molecule has 7 heteroatoms. The Morgan fingerprint density at radius 3 is 2.60 bits per heavy atom. The first-order valence-electron chi connectivity index (χ1n) is 8.27. The van der Waals surface area contributed by atoms with Crippen molar-refractivity contribution < 1.29 is 13.9 Å². The minimum absolute atomic E-state index is 0.0492. The molecule has 0 bridgehead atoms. The molecule has 0 saturated carbocycles. The molecule has 0 aliphatic carbocycles. The van der Waals surface area contributed by atoms with E-state index in [1.165, 1.54) is 18.3 Å². The first-order chi connectivity index (χ1) is 12.1. The summed E-state index contributed by atoms with van der Waals surface area (Å²) in [5.41, 5.74) is 2.00. The molecular formula is C18H21FN4O2. The molecule has 1 aliphatic heterocycles. The number of rotatable bonds is 5. The second-order valence-electron chi connectivity index (χ2n) is 5.97. The molecule has 1 saturated heterocycles. The Morgan fingerprint density at radius 1 is 1.24 bits per heavy atom. The lowest BCUT2D eigenvalue weighted by molar-refractivity contribution is 0.0162. The van der Waals surface area contributed by atoms with Crippen LogP contribution in [-0.2, 0) is 4.74 Å². The van der Waals surface area contributed by atoms with Crippen LogP contribution in [-0.4, -0.2) is 53.6 Å². The Labute approximate surface area is 146 Å². The number of morpholine rings is 1. The number of carbonyl (C=O) groups is 1. The van der Waals surface area contributed by atoms with Crippen LogP contribution in [0.3, 0.4) is 0 Å².